The summed E-state index contributed by atoms with van der Waals surface area (Å²) in [6, 6.07) is 15.5. The highest BCUT2D eigenvalue weighted by Crippen LogP contribution is 2.31. The van der Waals surface area contributed by atoms with Gasteiger partial charge in [0.15, 0.2) is 0 Å². The summed E-state index contributed by atoms with van der Waals surface area (Å²) in [7, 11) is 0. The first-order chi connectivity index (χ1) is 12.4. The third-order valence-electron chi connectivity index (χ3n) is 4.38. The molecule has 0 atom stereocenters. The Kier molecular flexibility index (Phi) is 4.94. The second-order valence-electron chi connectivity index (χ2n) is 7.22. The van der Waals surface area contributed by atoms with Crippen LogP contribution in [0.3, 0.4) is 0 Å². The summed E-state index contributed by atoms with van der Waals surface area (Å²) in [5.74, 6) is -0.289. The number of anilines is 1. The number of amides is 2. The highest BCUT2D eigenvalue weighted by atomic mass is 16.2. The Hall–Kier alpha value is -2.88. The van der Waals surface area contributed by atoms with Crippen LogP contribution in [0.25, 0.3) is 5.57 Å². The number of carbonyl (C=O) groups is 2. The van der Waals surface area contributed by atoms with Crippen molar-refractivity contribution in [2.45, 2.75) is 27.7 Å². The van der Waals surface area contributed by atoms with Crippen molar-refractivity contribution in [2.75, 3.05) is 11.9 Å². The lowest BCUT2D eigenvalue weighted by atomic mass is 10.0. The molecule has 2 aromatic rings. The van der Waals surface area contributed by atoms with Crippen molar-refractivity contribution in [1.29, 1.82) is 0 Å². The van der Waals surface area contributed by atoms with Crippen LogP contribution in [-0.2, 0) is 9.59 Å². The standard InChI is InChI=1S/C22H24N2O2/c1-14(2)13-24-21(25)19(17-9-5-15(3)6-10-17)20(22(24)26)23-18-11-7-16(4)8-12-18/h5-12,14,23H,13H2,1-4H3. The van der Waals surface area contributed by atoms with E-state index in [0.717, 1.165) is 22.4 Å². The van der Waals surface area contributed by atoms with Crippen LogP contribution in [0.5, 0.6) is 0 Å². The van der Waals surface area contributed by atoms with Gasteiger partial charge in [0, 0.05) is 12.2 Å². The molecule has 26 heavy (non-hydrogen) atoms. The molecule has 0 radical (unpaired) electrons. The molecule has 2 aromatic carbocycles. The molecule has 1 N–H and O–H groups in total. The van der Waals surface area contributed by atoms with E-state index in [9.17, 15) is 9.59 Å². The number of carbonyl (C=O) groups excluding carboxylic acids is 2. The van der Waals surface area contributed by atoms with Crippen molar-refractivity contribution in [3.8, 4) is 0 Å². The predicted octanol–water partition coefficient (Wildman–Crippen LogP) is 4.15. The predicted molar refractivity (Wildman–Crippen MR) is 104 cm³/mol. The fraction of sp³-hybridized carbons (Fsp3) is 0.273. The molecule has 4 heteroatoms. The molecule has 0 bridgehead atoms. The number of benzene rings is 2. The summed E-state index contributed by atoms with van der Waals surface area (Å²) in [6.07, 6.45) is 0. The third-order valence-corrected chi connectivity index (χ3v) is 4.38. The minimum atomic E-state index is -0.264. The van der Waals surface area contributed by atoms with Gasteiger partial charge in [0.05, 0.1) is 5.57 Å². The van der Waals surface area contributed by atoms with Gasteiger partial charge in [-0.15, -0.1) is 0 Å². The van der Waals surface area contributed by atoms with Gasteiger partial charge >= 0.3 is 0 Å². The van der Waals surface area contributed by atoms with Gasteiger partial charge in [-0.25, -0.2) is 0 Å². The maximum atomic E-state index is 13.0. The first kappa shape index (κ1) is 17.9. The molecule has 2 amide bonds. The van der Waals surface area contributed by atoms with Gasteiger partial charge in [-0.2, -0.15) is 0 Å². The second-order valence-corrected chi connectivity index (χ2v) is 7.22. The van der Waals surface area contributed by atoms with Crippen LogP contribution in [-0.4, -0.2) is 23.3 Å². The van der Waals surface area contributed by atoms with Crippen LogP contribution < -0.4 is 5.32 Å². The Balaban J connectivity index is 2.04. The molecular weight excluding hydrogens is 324 g/mol. The molecular formula is C22H24N2O2. The molecule has 4 nitrogen and oxygen atoms in total. The van der Waals surface area contributed by atoms with Crippen molar-refractivity contribution >= 4 is 23.1 Å². The maximum Gasteiger partial charge on any atom is 0.278 e. The molecule has 134 valence electrons. The Morgan fingerprint density at radius 1 is 0.846 bits per heavy atom. The van der Waals surface area contributed by atoms with Crippen LogP contribution in [0.1, 0.15) is 30.5 Å². The number of nitrogens with one attached hydrogen (secondary N) is 1. The normalized spacial score (nSPS) is 14.6. The van der Waals surface area contributed by atoms with Crippen molar-refractivity contribution in [3.63, 3.8) is 0 Å². The fourth-order valence-corrected chi connectivity index (χ4v) is 2.99. The second kappa shape index (κ2) is 7.16. The van der Waals surface area contributed by atoms with Crippen LogP contribution in [0.15, 0.2) is 54.2 Å². The van der Waals surface area contributed by atoms with Crippen LogP contribution >= 0.6 is 0 Å². The zero-order valence-corrected chi connectivity index (χ0v) is 15.7. The van der Waals surface area contributed by atoms with Gasteiger partial charge in [-0.1, -0.05) is 61.4 Å². The largest absolute Gasteiger partial charge is 0.350 e. The van der Waals surface area contributed by atoms with Gasteiger partial charge in [0.25, 0.3) is 11.8 Å². The molecule has 3 rings (SSSR count). The van der Waals surface area contributed by atoms with Crippen molar-refractivity contribution in [2.24, 2.45) is 5.92 Å². The lowest BCUT2D eigenvalue weighted by Crippen LogP contribution is -2.35. The lowest BCUT2D eigenvalue weighted by Gasteiger charge is -2.17. The number of hydrogen-bond donors (Lipinski definition) is 1. The first-order valence-electron chi connectivity index (χ1n) is 8.88. The monoisotopic (exact) mass is 348 g/mol. The summed E-state index contributed by atoms with van der Waals surface area (Å²) in [5, 5.41) is 3.18. The Morgan fingerprint density at radius 2 is 1.38 bits per heavy atom. The Bertz CT molecular complexity index is 862. The molecule has 0 aliphatic carbocycles. The SMILES string of the molecule is Cc1ccc(NC2=C(c3ccc(C)cc3)C(=O)N(CC(C)C)C2=O)cc1. The molecule has 0 saturated heterocycles. The van der Waals surface area contributed by atoms with E-state index in [1.807, 2.05) is 76.2 Å². The van der Waals surface area contributed by atoms with Crippen molar-refractivity contribution in [3.05, 3.63) is 70.9 Å². The van der Waals surface area contributed by atoms with E-state index in [-0.39, 0.29) is 17.7 Å². The quantitative estimate of drug-likeness (QED) is 0.826. The molecule has 0 unspecified atom stereocenters. The third kappa shape index (κ3) is 3.54. The van der Waals surface area contributed by atoms with E-state index >= 15 is 0 Å². The lowest BCUT2D eigenvalue weighted by molar-refractivity contribution is -0.137. The highest BCUT2D eigenvalue weighted by molar-refractivity contribution is 6.36. The smallest absolute Gasteiger partial charge is 0.278 e. The molecule has 0 spiro atoms. The van der Waals surface area contributed by atoms with Crippen LogP contribution in [0, 0.1) is 19.8 Å². The van der Waals surface area contributed by atoms with Gasteiger partial charge < -0.3 is 5.32 Å². The van der Waals surface area contributed by atoms with E-state index in [4.69, 9.17) is 0 Å². The van der Waals surface area contributed by atoms with Crippen LogP contribution in [0.2, 0.25) is 0 Å². The molecule has 1 heterocycles. The van der Waals surface area contributed by atoms with Gasteiger partial charge in [0.1, 0.15) is 5.70 Å². The summed E-state index contributed by atoms with van der Waals surface area (Å²) < 4.78 is 0. The Labute approximate surface area is 154 Å². The van der Waals surface area contributed by atoms with Gasteiger partial charge in [-0.3, -0.25) is 14.5 Å². The van der Waals surface area contributed by atoms with E-state index in [2.05, 4.69) is 5.32 Å². The summed E-state index contributed by atoms with van der Waals surface area (Å²) in [4.78, 5) is 27.3. The van der Waals surface area contributed by atoms with Crippen molar-refractivity contribution < 1.29 is 9.59 Å². The molecule has 0 saturated carbocycles. The zero-order valence-electron chi connectivity index (χ0n) is 15.7. The topological polar surface area (TPSA) is 49.4 Å². The molecule has 1 aliphatic heterocycles. The molecule has 1 aliphatic rings. The van der Waals surface area contributed by atoms with E-state index < -0.39 is 0 Å². The van der Waals surface area contributed by atoms with Crippen molar-refractivity contribution in [1.82, 2.24) is 4.90 Å². The highest BCUT2D eigenvalue weighted by Gasteiger charge is 2.39. The molecule has 0 aromatic heterocycles. The van der Waals surface area contributed by atoms with E-state index in [0.29, 0.717) is 17.8 Å². The number of hydrogen-bond acceptors (Lipinski definition) is 3. The average molecular weight is 348 g/mol. The van der Waals surface area contributed by atoms with E-state index in [1.54, 1.807) is 0 Å². The zero-order chi connectivity index (χ0) is 18.8. The van der Waals surface area contributed by atoms with Gasteiger partial charge in [-0.05, 0) is 37.5 Å². The van der Waals surface area contributed by atoms with Crippen LogP contribution in [0.4, 0.5) is 5.69 Å². The minimum Gasteiger partial charge on any atom is -0.350 e. The first-order valence-corrected chi connectivity index (χ1v) is 8.88. The Morgan fingerprint density at radius 3 is 1.92 bits per heavy atom. The summed E-state index contributed by atoms with van der Waals surface area (Å²) in [6.45, 7) is 8.41. The number of nitrogens with zero attached hydrogens (tertiary/aromatic N) is 1. The number of rotatable bonds is 5. The number of imide groups is 1. The summed E-state index contributed by atoms with van der Waals surface area (Å²) in [5.41, 5.74) is 4.59. The fourth-order valence-electron chi connectivity index (χ4n) is 2.99. The maximum absolute atomic E-state index is 13.0. The van der Waals surface area contributed by atoms with E-state index in [1.165, 1.54) is 4.90 Å². The summed E-state index contributed by atoms with van der Waals surface area (Å²) >= 11 is 0. The average Bonchev–Trinajstić information content (AvgIpc) is 2.82. The number of aryl methyl sites for hydroxylation is 2. The van der Waals surface area contributed by atoms with Gasteiger partial charge in [0.2, 0.25) is 0 Å². The molecule has 0 fully saturated rings. The minimum absolute atomic E-state index is 0.209.